The second kappa shape index (κ2) is 8.76. The van der Waals surface area contributed by atoms with Crippen LogP contribution in [0.4, 0.5) is 5.69 Å². The van der Waals surface area contributed by atoms with Crippen molar-refractivity contribution in [1.29, 1.82) is 0 Å². The molecule has 0 aromatic heterocycles. The van der Waals surface area contributed by atoms with E-state index in [0.29, 0.717) is 34.8 Å². The highest BCUT2D eigenvalue weighted by Crippen LogP contribution is 2.36. The Bertz CT molecular complexity index is 757. The molecule has 126 valence electrons. The largest absolute Gasteiger partial charge is 0.490 e. The van der Waals surface area contributed by atoms with Gasteiger partial charge >= 0.3 is 0 Å². The van der Waals surface area contributed by atoms with Gasteiger partial charge < -0.3 is 9.47 Å². The summed E-state index contributed by atoms with van der Waals surface area (Å²) in [7, 11) is 0. The Labute approximate surface area is 152 Å². The summed E-state index contributed by atoms with van der Waals surface area (Å²) in [5.74, 6) is 1.09. The molecule has 2 aromatic rings. The molecule has 24 heavy (non-hydrogen) atoms. The van der Waals surface area contributed by atoms with Crippen LogP contribution in [0.25, 0.3) is 0 Å². The second-order valence-corrected chi connectivity index (χ2v) is 5.87. The van der Waals surface area contributed by atoms with Crippen LogP contribution >= 0.6 is 23.2 Å². The second-order valence-electron chi connectivity index (χ2n) is 5.05. The number of benzene rings is 2. The van der Waals surface area contributed by atoms with Crippen LogP contribution in [0, 0.1) is 6.92 Å². The first kappa shape index (κ1) is 18.4. The van der Waals surface area contributed by atoms with Crippen LogP contribution in [-0.2, 0) is 0 Å². The quantitative estimate of drug-likeness (QED) is 0.445. The van der Waals surface area contributed by atoms with Crippen LogP contribution in [0.5, 0.6) is 11.5 Å². The van der Waals surface area contributed by atoms with Crippen LogP contribution in [0.15, 0.2) is 48.0 Å². The monoisotopic (exact) mass is 363 g/mol. The fourth-order valence-electron chi connectivity index (χ4n) is 2.02. The molecule has 0 saturated heterocycles. The third-order valence-electron chi connectivity index (χ3n) is 3.20. The van der Waals surface area contributed by atoms with E-state index in [9.17, 15) is 0 Å². The summed E-state index contributed by atoms with van der Waals surface area (Å²) in [6.07, 6.45) is 3.37. The molecule has 5 heteroatoms. The normalized spacial score (nSPS) is 10.8. The van der Waals surface area contributed by atoms with Crippen LogP contribution in [0.3, 0.4) is 0 Å². The van der Waals surface area contributed by atoms with E-state index in [-0.39, 0.29) is 0 Å². The zero-order valence-electron chi connectivity index (χ0n) is 13.7. The van der Waals surface area contributed by atoms with Crippen LogP contribution in [0.1, 0.15) is 18.1 Å². The number of aryl methyl sites for hydroxylation is 1. The molecule has 0 amide bonds. The lowest BCUT2D eigenvalue weighted by atomic mass is 10.2. The third kappa shape index (κ3) is 4.76. The van der Waals surface area contributed by atoms with E-state index in [1.165, 1.54) is 0 Å². The van der Waals surface area contributed by atoms with E-state index in [1.807, 2.05) is 38.1 Å². The third-order valence-corrected chi connectivity index (χ3v) is 3.88. The molecule has 0 aliphatic carbocycles. The van der Waals surface area contributed by atoms with E-state index in [2.05, 4.69) is 11.6 Å². The predicted octanol–water partition coefficient (Wildman–Crippen LogP) is 6.02. The van der Waals surface area contributed by atoms with Crippen LogP contribution in [-0.4, -0.2) is 19.4 Å². The van der Waals surface area contributed by atoms with Gasteiger partial charge in [-0.15, -0.1) is 0 Å². The van der Waals surface area contributed by atoms with Gasteiger partial charge in [-0.25, -0.2) is 0 Å². The van der Waals surface area contributed by atoms with E-state index in [1.54, 1.807) is 18.4 Å². The van der Waals surface area contributed by atoms with E-state index in [0.717, 1.165) is 16.8 Å². The van der Waals surface area contributed by atoms with Crippen LogP contribution < -0.4 is 9.47 Å². The first-order chi connectivity index (χ1) is 11.5. The summed E-state index contributed by atoms with van der Waals surface area (Å²) in [4.78, 5) is 4.43. The Morgan fingerprint density at radius 3 is 2.58 bits per heavy atom. The molecular formula is C19H19Cl2NO2. The minimum atomic E-state index is 0.356. The van der Waals surface area contributed by atoms with Gasteiger partial charge in [0.2, 0.25) is 0 Å². The topological polar surface area (TPSA) is 30.8 Å². The molecule has 2 rings (SSSR count). The number of ether oxygens (including phenoxy) is 2. The minimum Gasteiger partial charge on any atom is -0.490 e. The highest BCUT2D eigenvalue weighted by atomic mass is 35.5. The molecule has 0 saturated carbocycles. The molecule has 3 nitrogen and oxygen atoms in total. The highest BCUT2D eigenvalue weighted by molar-refractivity contribution is 6.32. The molecule has 0 heterocycles. The van der Waals surface area contributed by atoms with Gasteiger partial charge in [0.25, 0.3) is 0 Å². The van der Waals surface area contributed by atoms with E-state index >= 15 is 0 Å². The van der Waals surface area contributed by atoms with Gasteiger partial charge in [0.15, 0.2) is 11.5 Å². The molecule has 0 bridgehead atoms. The zero-order valence-corrected chi connectivity index (χ0v) is 15.2. The molecule has 0 aliphatic heterocycles. The first-order valence-electron chi connectivity index (χ1n) is 7.55. The molecule has 0 spiro atoms. The summed E-state index contributed by atoms with van der Waals surface area (Å²) in [5.41, 5.74) is 2.60. The Balaban J connectivity index is 2.30. The number of rotatable bonds is 7. The van der Waals surface area contributed by atoms with Crippen molar-refractivity contribution in [2.75, 3.05) is 13.2 Å². The van der Waals surface area contributed by atoms with Crippen molar-refractivity contribution in [3.05, 3.63) is 64.2 Å². The number of nitrogens with zero attached hydrogens (tertiary/aromatic N) is 1. The van der Waals surface area contributed by atoms with Crippen LogP contribution in [0.2, 0.25) is 10.0 Å². The fraction of sp³-hybridized carbons (Fsp3) is 0.211. The van der Waals surface area contributed by atoms with Crippen molar-refractivity contribution in [2.24, 2.45) is 4.99 Å². The van der Waals surface area contributed by atoms with Gasteiger partial charge in [-0.2, -0.15) is 0 Å². The van der Waals surface area contributed by atoms with Gasteiger partial charge in [0.1, 0.15) is 6.61 Å². The number of hydrogen-bond acceptors (Lipinski definition) is 3. The molecule has 0 fully saturated rings. The zero-order chi connectivity index (χ0) is 17.5. The van der Waals surface area contributed by atoms with Crippen molar-refractivity contribution in [1.82, 2.24) is 0 Å². The molecule has 0 radical (unpaired) electrons. The Kier molecular flexibility index (Phi) is 6.71. The van der Waals surface area contributed by atoms with Gasteiger partial charge in [-0.05, 0) is 49.2 Å². The molecule has 2 aromatic carbocycles. The van der Waals surface area contributed by atoms with E-state index < -0.39 is 0 Å². The van der Waals surface area contributed by atoms with Gasteiger partial charge in [0.05, 0.1) is 17.3 Å². The fourth-order valence-corrected chi connectivity index (χ4v) is 2.47. The lowest BCUT2D eigenvalue weighted by molar-refractivity contribution is 0.297. The highest BCUT2D eigenvalue weighted by Gasteiger charge is 2.11. The summed E-state index contributed by atoms with van der Waals surface area (Å²) < 4.78 is 11.2. The average Bonchev–Trinajstić information content (AvgIpc) is 2.55. The van der Waals surface area contributed by atoms with Gasteiger partial charge in [0, 0.05) is 11.2 Å². The van der Waals surface area contributed by atoms with Crippen molar-refractivity contribution in [3.63, 3.8) is 0 Å². The standard InChI is InChI=1S/C19H19Cl2NO2/c1-4-8-24-19-17(21)9-14(10-18(19)23-5-2)12-22-15-7-6-13(3)16(20)11-15/h4,6-7,9-12H,1,5,8H2,2-3H3. The van der Waals surface area contributed by atoms with Crippen molar-refractivity contribution in [3.8, 4) is 11.5 Å². The lowest BCUT2D eigenvalue weighted by Crippen LogP contribution is -2.00. The first-order valence-corrected chi connectivity index (χ1v) is 8.31. The summed E-state index contributed by atoms with van der Waals surface area (Å²) in [5, 5.41) is 1.15. The minimum absolute atomic E-state index is 0.356. The molecule has 0 atom stereocenters. The molecular weight excluding hydrogens is 345 g/mol. The molecule has 0 unspecified atom stereocenters. The lowest BCUT2D eigenvalue weighted by Gasteiger charge is -2.13. The number of aliphatic imine (C=N–C) groups is 1. The Morgan fingerprint density at radius 2 is 1.92 bits per heavy atom. The summed E-state index contributed by atoms with van der Waals surface area (Å²) >= 11 is 12.4. The van der Waals surface area contributed by atoms with Crippen molar-refractivity contribution in [2.45, 2.75) is 13.8 Å². The van der Waals surface area contributed by atoms with E-state index in [4.69, 9.17) is 32.7 Å². The van der Waals surface area contributed by atoms with Gasteiger partial charge in [-0.1, -0.05) is 41.9 Å². The van der Waals surface area contributed by atoms with Crippen molar-refractivity contribution < 1.29 is 9.47 Å². The summed E-state index contributed by atoms with van der Waals surface area (Å²) in [6, 6.07) is 9.28. The Morgan fingerprint density at radius 1 is 1.12 bits per heavy atom. The number of hydrogen-bond donors (Lipinski definition) is 0. The molecule has 0 aliphatic rings. The SMILES string of the molecule is C=CCOc1c(Cl)cc(C=Nc2ccc(C)c(Cl)c2)cc1OCC. The average molecular weight is 364 g/mol. The Hall–Kier alpha value is -1.97. The maximum Gasteiger partial charge on any atom is 0.180 e. The summed E-state index contributed by atoms with van der Waals surface area (Å²) in [6.45, 7) is 8.35. The maximum atomic E-state index is 6.31. The number of halogens is 2. The van der Waals surface area contributed by atoms with Crippen molar-refractivity contribution >= 4 is 35.1 Å². The predicted molar refractivity (Wildman–Crippen MR) is 102 cm³/mol. The van der Waals surface area contributed by atoms with Gasteiger partial charge in [-0.3, -0.25) is 4.99 Å². The smallest absolute Gasteiger partial charge is 0.180 e. The molecule has 0 N–H and O–H groups in total. The maximum absolute atomic E-state index is 6.31.